The lowest BCUT2D eigenvalue weighted by molar-refractivity contribution is -0.120. The molecule has 0 bridgehead atoms. The largest absolute Gasteiger partial charge is 0.478 e. The van der Waals surface area contributed by atoms with Crippen LogP contribution in [-0.2, 0) is 14.9 Å². The first-order chi connectivity index (χ1) is 14.2. The number of amides is 1. The molecule has 1 amide bonds. The smallest absolute Gasteiger partial charge is 0.335 e. The van der Waals surface area contributed by atoms with E-state index in [9.17, 15) is 24.2 Å². The summed E-state index contributed by atoms with van der Waals surface area (Å²) in [5.74, 6) is -1.76. The molecule has 2 fully saturated rings. The van der Waals surface area contributed by atoms with E-state index in [1.807, 2.05) is 13.8 Å². The number of carbonyl (C=O) groups is 2. The molecule has 2 heterocycles. The van der Waals surface area contributed by atoms with E-state index < -0.39 is 23.6 Å². The molecule has 0 radical (unpaired) electrons. The first kappa shape index (κ1) is 19.0. The summed E-state index contributed by atoms with van der Waals surface area (Å²) < 4.78 is 19.2. The lowest BCUT2D eigenvalue weighted by Crippen LogP contribution is -2.32. The minimum atomic E-state index is -1.19. The standard InChI is InChI=1S/C22H21FN2O5/c1-21(2)11-22(21)16-9-13(23)3-4-17(16)25(19(22)28)15-8-12(18(26)27)7-14(10-15)24-5-6-30-20(24)29/h3-4,7-10,20,29H,5-6,11H2,1-2H3,(H,26,27). The minimum Gasteiger partial charge on any atom is -0.478 e. The molecular weight excluding hydrogens is 391 g/mol. The number of aliphatic hydroxyl groups is 1. The molecule has 2 aromatic rings. The summed E-state index contributed by atoms with van der Waals surface area (Å²) in [4.78, 5) is 28.4. The van der Waals surface area contributed by atoms with Crippen molar-refractivity contribution < 1.29 is 28.9 Å². The molecule has 2 N–H and O–H groups in total. The number of halogens is 1. The van der Waals surface area contributed by atoms with E-state index in [1.54, 1.807) is 12.1 Å². The molecule has 2 aliphatic heterocycles. The lowest BCUT2D eigenvalue weighted by atomic mass is 9.89. The number of aromatic carboxylic acids is 1. The van der Waals surface area contributed by atoms with E-state index in [4.69, 9.17) is 4.74 Å². The quantitative estimate of drug-likeness (QED) is 0.806. The minimum absolute atomic E-state index is 0.0194. The highest BCUT2D eigenvalue weighted by molar-refractivity contribution is 6.16. The molecule has 1 saturated carbocycles. The number of hydrogen-bond donors (Lipinski definition) is 2. The second kappa shape index (κ2) is 6.02. The normalized spacial score (nSPS) is 26.4. The number of fused-ring (bicyclic) bond motifs is 2. The van der Waals surface area contributed by atoms with Crippen LogP contribution < -0.4 is 9.80 Å². The maximum atomic E-state index is 14.1. The number of carboxylic acid groups (broad SMARTS) is 1. The predicted molar refractivity (Wildman–Crippen MR) is 106 cm³/mol. The molecule has 1 aliphatic carbocycles. The van der Waals surface area contributed by atoms with Crippen molar-refractivity contribution in [3.05, 3.63) is 53.3 Å². The Balaban J connectivity index is 1.68. The van der Waals surface area contributed by atoms with E-state index >= 15 is 0 Å². The van der Waals surface area contributed by atoms with Crippen molar-refractivity contribution in [2.45, 2.75) is 32.1 Å². The first-order valence-corrected chi connectivity index (χ1v) is 9.75. The molecule has 0 aromatic heterocycles. The molecular formula is C22H21FN2O5. The summed E-state index contributed by atoms with van der Waals surface area (Å²) in [5.41, 5.74) is 0.814. The van der Waals surface area contributed by atoms with Crippen molar-refractivity contribution in [3.8, 4) is 0 Å². The van der Waals surface area contributed by atoms with Gasteiger partial charge in [0.2, 0.25) is 12.3 Å². The van der Waals surface area contributed by atoms with Gasteiger partial charge in [0.15, 0.2) is 0 Å². The predicted octanol–water partition coefficient (Wildman–Crippen LogP) is 2.98. The molecule has 5 rings (SSSR count). The zero-order chi connectivity index (χ0) is 21.4. The maximum absolute atomic E-state index is 14.1. The van der Waals surface area contributed by atoms with E-state index in [1.165, 1.54) is 34.1 Å². The van der Waals surface area contributed by atoms with E-state index in [0.717, 1.165) is 0 Å². The number of hydrogen-bond acceptors (Lipinski definition) is 5. The van der Waals surface area contributed by atoms with E-state index in [-0.39, 0.29) is 16.9 Å². The lowest BCUT2D eigenvalue weighted by Gasteiger charge is -2.25. The van der Waals surface area contributed by atoms with E-state index in [0.29, 0.717) is 42.2 Å². The van der Waals surface area contributed by atoms with Gasteiger partial charge in [-0.1, -0.05) is 13.8 Å². The molecule has 8 heteroatoms. The summed E-state index contributed by atoms with van der Waals surface area (Å²) in [6.45, 7) is 4.63. The number of benzene rings is 2. The summed E-state index contributed by atoms with van der Waals surface area (Å²) in [6.07, 6.45) is -0.595. The molecule has 156 valence electrons. The molecule has 2 unspecified atom stereocenters. The number of aliphatic hydroxyl groups excluding tert-OH is 1. The van der Waals surface area contributed by atoms with Crippen molar-refractivity contribution in [3.63, 3.8) is 0 Å². The average molecular weight is 412 g/mol. The van der Waals surface area contributed by atoms with Crippen LogP contribution in [0.15, 0.2) is 36.4 Å². The number of anilines is 3. The molecule has 2 aromatic carbocycles. The fourth-order valence-corrected chi connectivity index (χ4v) is 4.89. The number of rotatable bonds is 3. The van der Waals surface area contributed by atoms with Crippen LogP contribution in [0.2, 0.25) is 0 Å². The first-order valence-electron chi connectivity index (χ1n) is 9.75. The van der Waals surface area contributed by atoms with Gasteiger partial charge in [0, 0.05) is 12.2 Å². The van der Waals surface area contributed by atoms with Gasteiger partial charge >= 0.3 is 5.97 Å². The van der Waals surface area contributed by atoms with Crippen LogP contribution in [0.5, 0.6) is 0 Å². The molecule has 3 aliphatic rings. The van der Waals surface area contributed by atoms with Crippen molar-refractivity contribution in [1.82, 2.24) is 0 Å². The van der Waals surface area contributed by atoms with Crippen LogP contribution in [-0.4, -0.2) is 41.7 Å². The van der Waals surface area contributed by atoms with Crippen molar-refractivity contribution in [2.75, 3.05) is 23.0 Å². The second-order valence-electron chi connectivity index (χ2n) is 8.70. The van der Waals surface area contributed by atoms with Gasteiger partial charge in [-0.05, 0) is 53.8 Å². The summed E-state index contributed by atoms with van der Waals surface area (Å²) in [7, 11) is 0. The van der Waals surface area contributed by atoms with Crippen molar-refractivity contribution in [2.24, 2.45) is 5.41 Å². The fraction of sp³-hybridized carbons (Fsp3) is 0.364. The summed E-state index contributed by atoms with van der Waals surface area (Å²) >= 11 is 0. The van der Waals surface area contributed by atoms with Crippen molar-refractivity contribution in [1.29, 1.82) is 0 Å². The Morgan fingerprint density at radius 3 is 2.50 bits per heavy atom. The highest BCUT2D eigenvalue weighted by Gasteiger charge is 2.72. The fourth-order valence-electron chi connectivity index (χ4n) is 4.89. The summed E-state index contributed by atoms with van der Waals surface area (Å²) in [6, 6.07) is 8.78. The molecule has 30 heavy (non-hydrogen) atoms. The number of carbonyl (C=O) groups excluding carboxylic acids is 1. The van der Waals surface area contributed by atoms with Gasteiger partial charge in [0.25, 0.3) is 0 Å². The van der Waals surface area contributed by atoms with Gasteiger partial charge in [-0.3, -0.25) is 9.69 Å². The Bertz CT molecular complexity index is 1100. The maximum Gasteiger partial charge on any atom is 0.335 e. The third kappa shape index (κ3) is 2.44. The molecule has 2 atom stereocenters. The summed E-state index contributed by atoms with van der Waals surface area (Å²) in [5, 5.41) is 19.7. The SMILES string of the molecule is CC1(C)CC12C(=O)N(c1cc(C(=O)O)cc(N3CCOC3O)c1)c1ccc(F)cc12. The molecule has 1 spiro atoms. The Morgan fingerprint density at radius 2 is 1.90 bits per heavy atom. The van der Waals surface area contributed by atoms with Gasteiger partial charge < -0.3 is 19.8 Å². The topological polar surface area (TPSA) is 90.3 Å². The van der Waals surface area contributed by atoms with Crippen LogP contribution in [0.3, 0.4) is 0 Å². The van der Waals surface area contributed by atoms with Crippen LogP contribution in [0.4, 0.5) is 21.5 Å². The Labute approximate surface area is 172 Å². The average Bonchev–Trinajstić information content (AvgIpc) is 2.95. The van der Waals surface area contributed by atoms with Gasteiger partial charge in [-0.25, -0.2) is 9.18 Å². The van der Waals surface area contributed by atoms with Crippen LogP contribution in [0.1, 0.15) is 36.2 Å². The molecule has 7 nitrogen and oxygen atoms in total. The third-order valence-electron chi connectivity index (χ3n) is 6.57. The van der Waals surface area contributed by atoms with E-state index in [2.05, 4.69) is 0 Å². The second-order valence-corrected chi connectivity index (χ2v) is 8.70. The van der Waals surface area contributed by atoms with Crippen molar-refractivity contribution >= 4 is 28.9 Å². The third-order valence-corrected chi connectivity index (χ3v) is 6.57. The number of carboxylic acids is 1. The monoisotopic (exact) mass is 412 g/mol. The Hall–Kier alpha value is -2.97. The van der Waals surface area contributed by atoms with Gasteiger partial charge in [-0.2, -0.15) is 0 Å². The Morgan fingerprint density at radius 1 is 1.20 bits per heavy atom. The van der Waals surface area contributed by atoms with Gasteiger partial charge in [0.05, 0.1) is 29.0 Å². The number of nitrogens with zero attached hydrogens (tertiary/aromatic N) is 2. The van der Waals surface area contributed by atoms with Crippen LogP contribution >= 0.6 is 0 Å². The van der Waals surface area contributed by atoms with Crippen LogP contribution in [0, 0.1) is 11.2 Å². The molecule has 1 saturated heterocycles. The van der Waals surface area contributed by atoms with Gasteiger partial charge in [-0.15, -0.1) is 0 Å². The highest BCUT2D eigenvalue weighted by atomic mass is 19.1. The zero-order valence-corrected chi connectivity index (χ0v) is 16.6. The number of ether oxygens (including phenoxy) is 1. The Kier molecular flexibility index (Phi) is 3.82. The van der Waals surface area contributed by atoms with Crippen LogP contribution in [0.25, 0.3) is 0 Å². The zero-order valence-electron chi connectivity index (χ0n) is 16.6. The van der Waals surface area contributed by atoms with Gasteiger partial charge in [0.1, 0.15) is 5.82 Å². The highest BCUT2D eigenvalue weighted by Crippen LogP contribution is 2.70.